The Morgan fingerprint density at radius 2 is 2.19 bits per heavy atom. The summed E-state index contributed by atoms with van der Waals surface area (Å²) in [6.45, 7) is 7.25. The molecular formula is C18H25NO2. The Hall–Kier alpha value is -1.77. The molecule has 1 amide bonds. The number of carbonyl (C=O) groups excluding carboxylic acids is 1. The second kappa shape index (κ2) is 7.87. The van der Waals surface area contributed by atoms with Crippen molar-refractivity contribution < 1.29 is 9.53 Å². The summed E-state index contributed by atoms with van der Waals surface area (Å²) in [5.41, 5.74) is 1.13. The maximum Gasteiger partial charge on any atom is 0.246 e. The predicted molar refractivity (Wildman–Crippen MR) is 85.3 cm³/mol. The van der Waals surface area contributed by atoms with Gasteiger partial charge < -0.3 is 9.64 Å². The molecule has 1 aliphatic rings. The molecule has 1 aromatic rings. The molecule has 114 valence electrons. The third-order valence-electron chi connectivity index (χ3n) is 3.95. The van der Waals surface area contributed by atoms with Crippen molar-refractivity contribution in [2.24, 2.45) is 0 Å². The quantitative estimate of drug-likeness (QED) is 0.763. The van der Waals surface area contributed by atoms with Gasteiger partial charge in [0.1, 0.15) is 5.75 Å². The van der Waals surface area contributed by atoms with Gasteiger partial charge in [-0.05, 0) is 31.4 Å². The Morgan fingerprint density at radius 1 is 1.38 bits per heavy atom. The van der Waals surface area contributed by atoms with Gasteiger partial charge in [0.2, 0.25) is 5.91 Å². The molecule has 0 radical (unpaired) electrons. The maximum atomic E-state index is 12.2. The van der Waals surface area contributed by atoms with Gasteiger partial charge in [0.05, 0.1) is 12.6 Å². The van der Waals surface area contributed by atoms with Crippen LogP contribution >= 0.6 is 0 Å². The second-order valence-electron chi connectivity index (χ2n) is 5.49. The fourth-order valence-electron chi connectivity index (χ4n) is 2.91. The van der Waals surface area contributed by atoms with Gasteiger partial charge in [0, 0.05) is 12.1 Å². The van der Waals surface area contributed by atoms with E-state index < -0.39 is 0 Å². The van der Waals surface area contributed by atoms with Crippen LogP contribution in [0, 0.1) is 0 Å². The van der Waals surface area contributed by atoms with Gasteiger partial charge in [0.15, 0.2) is 0 Å². The first-order valence-corrected chi connectivity index (χ1v) is 7.92. The number of para-hydroxylation sites is 1. The maximum absolute atomic E-state index is 12.2. The zero-order chi connectivity index (χ0) is 15.1. The molecule has 0 bridgehead atoms. The highest BCUT2D eigenvalue weighted by atomic mass is 16.5. The topological polar surface area (TPSA) is 29.5 Å². The van der Waals surface area contributed by atoms with Crippen LogP contribution in [-0.2, 0) is 4.79 Å². The highest BCUT2D eigenvalue weighted by molar-refractivity contribution is 5.87. The molecule has 1 unspecified atom stereocenters. The van der Waals surface area contributed by atoms with Crippen LogP contribution in [0.2, 0.25) is 0 Å². The number of carbonyl (C=O) groups is 1. The summed E-state index contributed by atoms with van der Waals surface area (Å²) < 4.78 is 5.88. The lowest BCUT2D eigenvalue weighted by molar-refractivity contribution is -0.128. The number of hydrogen-bond donors (Lipinski definition) is 0. The average molecular weight is 287 g/mol. The van der Waals surface area contributed by atoms with Gasteiger partial charge >= 0.3 is 0 Å². The fourth-order valence-corrected chi connectivity index (χ4v) is 2.91. The molecule has 1 aromatic carbocycles. The molecule has 21 heavy (non-hydrogen) atoms. The molecule has 0 spiro atoms. The summed E-state index contributed by atoms with van der Waals surface area (Å²) in [4.78, 5) is 14.1. The Bertz CT molecular complexity index is 484. The Balaban J connectivity index is 2.31. The van der Waals surface area contributed by atoms with Crippen molar-refractivity contribution in [1.29, 1.82) is 0 Å². The molecule has 0 aliphatic carbocycles. The zero-order valence-corrected chi connectivity index (χ0v) is 12.9. The van der Waals surface area contributed by atoms with Gasteiger partial charge in [-0.1, -0.05) is 44.5 Å². The second-order valence-corrected chi connectivity index (χ2v) is 5.49. The van der Waals surface area contributed by atoms with E-state index in [0.29, 0.717) is 6.61 Å². The molecule has 1 fully saturated rings. The van der Waals surface area contributed by atoms with E-state index in [9.17, 15) is 4.79 Å². The SMILES string of the molecule is C=CC(=O)N1CCCCCC1c1ccccc1OCCC. The number of nitrogens with zero attached hydrogens (tertiary/aromatic N) is 1. The third kappa shape index (κ3) is 3.87. The molecule has 1 saturated heterocycles. The van der Waals surface area contributed by atoms with Crippen molar-refractivity contribution in [3.63, 3.8) is 0 Å². The van der Waals surface area contributed by atoms with Crippen molar-refractivity contribution in [1.82, 2.24) is 4.90 Å². The molecule has 1 aliphatic heterocycles. The van der Waals surface area contributed by atoms with Crippen molar-refractivity contribution in [3.05, 3.63) is 42.5 Å². The van der Waals surface area contributed by atoms with Crippen LogP contribution in [0.1, 0.15) is 50.6 Å². The number of rotatable bonds is 5. The van der Waals surface area contributed by atoms with Crippen molar-refractivity contribution in [3.8, 4) is 5.75 Å². The smallest absolute Gasteiger partial charge is 0.246 e. The van der Waals surface area contributed by atoms with Gasteiger partial charge in [-0.3, -0.25) is 4.79 Å². The van der Waals surface area contributed by atoms with Crippen molar-refractivity contribution in [2.45, 2.75) is 45.1 Å². The Labute approximate surface area is 127 Å². The minimum absolute atomic E-state index is 0.0206. The van der Waals surface area contributed by atoms with Crippen LogP contribution in [0.3, 0.4) is 0 Å². The lowest BCUT2D eigenvalue weighted by Gasteiger charge is -2.30. The summed E-state index contributed by atoms with van der Waals surface area (Å²) in [5.74, 6) is 0.931. The van der Waals surface area contributed by atoms with E-state index in [4.69, 9.17) is 4.74 Å². The first kappa shape index (κ1) is 15.6. The molecule has 0 N–H and O–H groups in total. The number of likely N-dealkylation sites (tertiary alicyclic amines) is 1. The standard InChI is InChI=1S/C18H25NO2/c1-3-14-21-17-12-8-7-10-15(17)16-11-6-5-9-13-19(16)18(20)4-2/h4,7-8,10,12,16H,2-3,5-6,9,11,13-14H2,1H3. The van der Waals surface area contributed by atoms with Gasteiger partial charge in [-0.15, -0.1) is 0 Å². The average Bonchev–Trinajstić information content (AvgIpc) is 2.78. The summed E-state index contributed by atoms with van der Waals surface area (Å²) in [6, 6.07) is 8.21. The van der Waals surface area contributed by atoms with Crippen LogP contribution in [0.5, 0.6) is 5.75 Å². The van der Waals surface area contributed by atoms with E-state index in [1.807, 2.05) is 23.1 Å². The van der Waals surface area contributed by atoms with Crippen molar-refractivity contribution in [2.75, 3.05) is 13.2 Å². The lowest BCUT2D eigenvalue weighted by atomic mass is 9.99. The lowest BCUT2D eigenvalue weighted by Crippen LogP contribution is -2.33. The minimum Gasteiger partial charge on any atom is -0.493 e. The van der Waals surface area contributed by atoms with Gasteiger partial charge in [-0.2, -0.15) is 0 Å². The highest BCUT2D eigenvalue weighted by Crippen LogP contribution is 2.35. The largest absolute Gasteiger partial charge is 0.493 e. The molecule has 3 heteroatoms. The molecule has 0 saturated carbocycles. The summed E-state index contributed by atoms with van der Waals surface area (Å²) in [7, 11) is 0. The predicted octanol–water partition coefficient (Wildman–Crippen LogP) is 4.11. The van der Waals surface area contributed by atoms with Gasteiger partial charge in [-0.25, -0.2) is 0 Å². The van der Waals surface area contributed by atoms with Crippen LogP contribution in [0.15, 0.2) is 36.9 Å². The Morgan fingerprint density at radius 3 is 2.95 bits per heavy atom. The number of amides is 1. The first-order chi connectivity index (χ1) is 10.3. The van der Waals surface area contributed by atoms with E-state index in [0.717, 1.165) is 43.5 Å². The summed E-state index contributed by atoms with van der Waals surface area (Å²) >= 11 is 0. The van der Waals surface area contributed by atoms with Crippen LogP contribution in [0.4, 0.5) is 0 Å². The highest BCUT2D eigenvalue weighted by Gasteiger charge is 2.27. The Kier molecular flexibility index (Phi) is 5.85. The van der Waals surface area contributed by atoms with Crippen LogP contribution < -0.4 is 4.74 Å². The summed E-state index contributed by atoms with van der Waals surface area (Å²) in [6.07, 6.45) is 6.78. The normalized spacial score (nSPS) is 18.9. The number of ether oxygens (including phenoxy) is 1. The number of hydrogen-bond acceptors (Lipinski definition) is 2. The molecule has 1 heterocycles. The van der Waals surface area contributed by atoms with E-state index >= 15 is 0 Å². The molecule has 0 aromatic heterocycles. The molecule has 3 nitrogen and oxygen atoms in total. The van der Waals surface area contributed by atoms with Crippen LogP contribution in [-0.4, -0.2) is 24.0 Å². The van der Waals surface area contributed by atoms with E-state index in [-0.39, 0.29) is 11.9 Å². The van der Waals surface area contributed by atoms with Crippen LogP contribution in [0.25, 0.3) is 0 Å². The third-order valence-corrected chi connectivity index (χ3v) is 3.95. The van der Waals surface area contributed by atoms with E-state index in [1.165, 1.54) is 12.5 Å². The summed E-state index contributed by atoms with van der Waals surface area (Å²) in [5, 5.41) is 0. The molecular weight excluding hydrogens is 262 g/mol. The van der Waals surface area contributed by atoms with Crippen molar-refractivity contribution >= 4 is 5.91 Å². The fraction of sp³-hybridized carbons (Fsp3) is 0.500. The first-order valence-electron chi connectivity index (χ1n) is 7.92. The van der Waals surface area contributed by atoms with Gasteiger partial charge in [0.25, 0.3) is 0 Å². The van der Waals surface area contributed by atoms with E-state index in [2.05, 4.69) is 19.6 Å². The van der Waals surface area contributed by atoms with E-state index in [1.54, 1.807) is 0 Å². The molecule has 2 rings (SSSR count). The minimum atomic E-state index is 0.0206. The zero-order valence-electron chi connectivity index (χ0n) is 12.9. The monoisotopic (exact) mass is 287 g/mol. The molecule has 1 atom stereocenters. The number of benzene rings is 1.